The van der Waals surface area contributed by atoms with Gasteiger partial charge in [0.15, 0.2) is 11.5 Å². The fourth-order valence-corrected chi connectivity index (χ4v) is 6.13. The Morgan fingerprint density at radius 3 is 2.63 bits per heavy atom. The average molecular weight is 580 g/mol. The molecule has 212 valence electrons. The Labute approximate surface area is 238 Å². The summed E-state index contributed by atoms with van der Waals surface area (Å²) in [5, 5.41) is 9.41. The number of imidazole rings is 1. The van der Waals surface area contributed by atoms with Gasteiger partial charge in [-0.05, 0) is 49.4 Å². The molecule has 2 fully saturated rings. The quantitative estimate of drug-likeness (QED) is 0.249. The summed E-state index contributed by atoms with van der Waals surface area (Å²) in [5.74, 6) is -0.438. The summed E-state index contributed by atoms with van der Waals surface area (Å²) in [4.78, 5) is 27.0. The summed E-state index contributed by atoms with van der Waals surface area (Å²) in [6.07, 6.45) is 3.64. The number of aromatic nitrogens is 3. The maximum absolute atomic E-state index is 14.5. The molecule has 12 heteroatoms. The van der Waals surface area contributed by atoms with E-state index in [0.717, 1.165) is 67.6 Å². The third-order valence-electron chi connectivity index (χ3n) is 7.66. The topological polar surface area (TPSA) is 94.1 Å². The van der Waals surface area contributed by atoms with Crippen molar-refractivity contribution < 1.29 is 28.2 Å². The van der Waals surface area contributed by atoms with Gasteiger partial charge in [-0.3, -0.25) is 0 Å². The lowest BCUT2D eigenvalue weighted by molar-refractivity contribution is -0.0590. The maximum Gasteiger partial charge on any atom is 0.346 e. The molecule has 0 unspecified atom stereocenters. The molecule has 2 saturated heterocycles. The predicted molar refractivity (Wildman–Crippen MR) is 149 cm³/mol. The summed E-state index contributed by atoms with van der Waals surface area (Å²) in [7, 11) is 0. The van der Waals surface area contributed by atoms with Crippen molar-refractivity contribution in [1.82, 2.24) is 14.5 Å². The molecule has 5 heterocycles. The molecular weight excluding hydrogens is 552 g/mol. The van der Waals surface area contributed by atoms with Gasteiger partial charge in [0.2, 0.25) is 0 Å². The molecule has 1 N–H and O–H groups in total. The lowest BCUT2D eigenvalue weighted by Gasteiger charge is -2.33. The first-order chi connectivity index (χ1) is 19.9. The normalized spacial score (nSPS) is 17.4. The molecule has 6 rings (SSSR count). The lowest BCUT2D eigenvalue weighted by Crippen LogP contribution is -2.35. The minimum absolute atomic E-state index is 0.122. The van der Waals surface area contributed by atoms with Gasteiger partial charge in [-0.2, -0.15) is 4.98 Å². The van der Waals surface area contributed by atoms with Crippen LogP contribution in [0.2, 0.25) is 0 Å². The van der Waals surface area contributed by atoms with Crippen LogP contribution in [0, 0.1) is 24.1 Å². The van der Waals surface area contributed by atoms with Crippen molar-refractivity contribution in [2.75, 3.05) is 24.6 Å². The SMILES string of the molecule is [C-]#[N+]c1ccc(COc2nc(N3CCC(Cc4nc5sc(C(=O)O)cc5n4C[C@@H]4CCO4)CC3)ccc2F)c(F)c1. The van der Waals surface area contributed by atoms with Crippen LogP contribution in [0.1, 0.15) is 40.3 Å². The van der Waals surface area contributed by atoms with Crippen LogP contribution in [-0.4, -0.2) is 51.4 Å². The number of fused-ring (bicyclic) bond motifs is 1. The number of pyridine rings is 1. The Bertz CT molecular complexity index is 1640. The highest BCUT2D eigenvalue weighted by Crippen LogP contribution is 2.32. The van der Waals surface area contributed by atoms with Crippen LogP contribution in [0.4, 0.5) is 20.3 Å². The molecule has 0 aliphatic carbocycles. The van der Waals surface area contributed by atoms with Crippen LogP contribution in [-0.2, 0) is 24.3 Å². The van der Waals surface area contributed by atoms with Gasteiger partial charge in [0.05, 0.1) is 24.7 Å². The molecule has 0 bridgehead atoms. The van der Waals surface area contributed by atoms with Crippen LogP contribution >= 0.6 is 11.3 Å². The summed E-state index contributed by atoms with van der Waals surface area (Å²) < 4.78 is 42.0. The first-order valence-electron chi connectivity index (χ1n) is 13.4. The Morgan fingerprint density at radius 2 is 1.95 bits per heavy atom. The highest BCUT2D eigenvalue weighted by molar-refractivity contribution is 7.20. The van der Waals surface area contributed by atoms with Gasteiger partial charge in [-0.25, -0.2) is 23.4 Å². The van der Waals surface area contributed by atoms with Crippen LogP contribution in [0.25, 0.3) is 15.2 Å². The van der Waals surface area contributed by atoms with E-state index in [9.17, 15) is 18.7 Å². The largest absolute Gasteiger partial charge is 0.477 e. The highest BCUT2D eigenvalue weighted by Gasteiger charge is 2.27. The standard InChI is InChI=1S/C29H27F2N5O4S/c1-32-19-3-2-18(22(31)13-19)16-40-27-21(30)4-5-25(33-27)35-9-6-17(7-10-35)12-26-34-28-23(14-24(41-28)29(37)38)36(26)15-20-8-11-39-20/h2-5,13-14,17,20H,6-12,15-16H2,(H,37,38)/t20-/m0/s1. The number of anilines is 1. The fourth-order valence-electron chi connectivity index (χ4n) is 5.24. The first kappa shape index (κ1) is 27.1. The van der Waals surface area contributed by atoms with E-state index in [-0.39, 0.29) is 34.7 Å². The molecule has 9 nitrogen and oxygen atoms in total. The number of carbonyl (C=O) groups is 1. The fraction of sp³-hybridized carbons (Fsp3) is 0.379. The van der Waals surface area contributed by atoms with Crippen LogP contribution in [0.15, 0.2) is 36.4 Å². The smallest absolute Gasteiger partial charge is 0.346 e. The third kappa shape index (κ3) is 5.73. The van der Waals surface area contributed by atoms with Gasteiger partial charge in [0, 0.05) is 31.7 Å². The van der Waals surface area contributed by atoms with E-state index in [0.29, 0.717) is 18.3 Å². The number of ether oxygens (including phenoxy) is 2. The number of piperidine rings is 1. The monoisotopic (exact) mass is 579 g/mol. The van der Waals surface area contributed by atoms with Crippen molar-refractivity contribution in [1.29, 1.82) is 0 Å². The Hall–Kier alpha value is -4.08. The Balaban J connectivity index is 1.10. The van der Waals surface area contributed by atoms with E-state index >= 15 is 0 Å². The molecule has 41 heavy (non-hydrogen) atoms. The van der Waals surface area contributed by atoms with E-state index in [1.54, 1.807) is 12.1 Å². The molecule has 2 aliphatic rings. The number of hydrogen-bond donors (Lipinski definition) is 1. The number of thiophene rings is 1. The predicted octanol–water partition coefficient (Wildman–Crippen LogP) is 5.85. The molecule has 3 aromatic heterocycles. The van der Waals surface area contributed by atoms with Gasteiger partial charge >= 0.3 is 5.97 Å². The molecule has 2 aliphatic heterocycles. The average Bonchev–Trinajstić information content (AvgIpc) is 3.49. The number of carboxylic acid groups (broad SMARTS) is 1. The molecule has 0 spiro atoms. The van der Waals surface area contributed by atoms with E-state index < -0.39 is 17.6 Å². The second kappa shape index (κ2) is 11.4. The molecule has 1 atom stereocenters. The van der Waals surface area contributed by atoms with Crippen molar-refractivity contribution in [3.05, 3.63) is 75.7 Å². The maximum atomic E-state index is 14.5. The van der Waals surface area contributed by atoms with E-state index in [1.807, 2.05) is 0 Å². The summed E-state index contributed by atoms with van der Waals surface area (Å²) in [6.45, 7) is 9.63. The number of nitrogens with zero attached hydrogens (tertiary/aromatic N) is 5. The number of carboxylic acids is 1. The van der Waals surface area contributed by atoms with E-state index in [1.165, 1.54) is 29.5 Å². The number of benzene rings is 1. The van der Waals surface area contributed by atoms with Crippen LogP contribution < -0.4 is 9.64 Å². The van der Waals surface area contributed by atoms with Crippen LogP contribution in [0.5, 0.6) is 5.88 Å². The molecule has 1 aromatic carbocycles. The molecule has 4 aromatic rings. The van der Waals surface area contributed by atoms with Gasteiger partial charge in [-0.1, -0.05) is 12.1 Å². The first-order valence-corrected chi connectivity index (χ1v) is 14.2. The zero-order valence-electron chi connectivity index (χ0n) is 22.1. The zero-order valence-corrected chi connectivity index (χ0v) is 22.9. The highest BCUT2D eigenvalue weighted by atomic mass is 32.1. The molecular formula is C29H27F2N5O4S. The minimum atomic E-state index is -0.946. The van der Waals surface area contributed by atoms with Gasteiger partial charge in [0.1, 0.15) is 33.8 Å². The number of hydrogen-bond acceptors (Lipinski definition) is 7. The van der Waals surface area contributed by atoms with Gasteiger partial charge in [0.25, 0.3) is 5.88 Å². The van der Waals surface area contributed by atoms with Crippen molar-refractivity contribution in [2.24, 2.45) is 5.92 Å². The molecule has 0 amide bonds. The molecule has 0 saturated carbocycles. The van der Waals surface area contributed by atoms with Gasteiger partial charge < -0.3 is 24.0 Å². The van der Waals surface area contributed by atoms with Crippen molar-refractivity contribution in [2.45, 2.75) is 44.9 Å². The van der Waals surface area contributed by atoms with Crippen LogP contribution in [0.3, 0.4) is 0 Å². The summed E-state index contributed by atoms with van der Waals surface area (Å²) >= 11 is 1.20. The van der Waals surface area contributed by atoms with Gasteiger partial charge in [-0.15, -0.1) is 11.3 Å². The molecule has 0 radical (unpaired) electrons. The summed E-state index contributed by atoms with van der Waals surface area (Å²) in [5.41, 5.74) is 1.25. The second-order valence-corrected chi connectivity index (χ2v) is 11.3. The summed E-state index contributed by atoms with van der Waals surface area (Å²) in [6, 6.07) is 8.70. The third-order valence-corrected chi connectivity index (χ3v) is 8.66. The van der Waals surface area contributed by atoms with Crippen molar-refractivity contribution in [3.63, 3.8) is 0 Å². The zero-order chi connectivity index (χ0) is 28.5. The van der Waals surface area contributed by atoms with Crippen molar-refractivity contribution >= 4 is 39.2 Å². The number of aromatic carboxylic acids is 1. The second-order valence-electron chi connectivity index (χ2n) is 10.3. The minimum Gasteiger partial charge on any atom is -0.477 e. The van der Waals surface area contributed by atoms with E-state index in [2.05, 4.69) is 19.3 Å². The Morgan fingerprint density at radius 1 is 1.15 bits per heavy atom. The number of rotatable bonds is 9. The Kier molecular flexibility index (Phi) is 7.55. The number of halogens is 2. The van der Waals surface area contributed by atoms with Crippen molar-refractivity contribution in [3.8, 4) is 5.88 Å². The lowest BCUT2D eigenvalue weighted by atomic mass is 9.93. The van der Waals surface area contributed by atoms with E-state index in [4.69, 9.17) is 21.0 Å².